The van der Waals surface area contributed by atoms with Gasteiger partial charge in [-0.05, 0) is 47.3 Å². The summed E-state index contributed by atoms with van der Waals surface area (Å²) in [5.41, 5.74) is 6.29. The molecule has 6 fully saturated rings. The first-order chi connectivity index (χ1) is 7.27. The third kappa shape index (κ3) is 0.532. The van der Waals surface area contributed by atoms with Crippen molar-refractivity contribution in [3.8, 4) is 0 Å². The molecule has 6 aliphatic rings. The molecule has 3 heteroatoms. The van der Waals surface area contributed by atoms with Crippen LogP contribution in [0.4, 0.5) is 0 Å². The first kappa shape index (κ1) is 7.66. The zero-order valence-corrected chi connectivity index (χ0v) is 8.67. The molecule has 3 nitrogen and oxygen atoms in total. The first-order valence-electron chi connectivity index (χ1n) is 6.11. The van der Waals surface area contributed by atoms with Gasteiger partial charge in [0, 0.05) is 6.04 Å². The number of fused-ring (bicyclic) bond motifs is 1. The fraction of sp³-hybridized carbons (Fsp3) is 0.917. The van der Waals surface area contributed by atoms with Crippen LogP contribution < -0.4 is 5.73 Å². The summed E-state index contributed by atoms with van der Waals surface area (Å²) in [7, 11) is 1.50. The third-order valence-corrected chi connectivity index (χ3v) is 6.35. The normalized spacial score (nSPS) is 74.3. The molecule has 6 aliphatic carbocycles. The van der Waals surface area contributed by atoms with Crippen molar-refractivity contribution in [1.82, 2.24) is 0 Å². The van der Waals surface area contributed by atoms with Gasteiger partial charge in [0.25, 0.3) is 0 Å². The molecule has 6 saturated carbocycles. The Kier molecular flexibility index (Phi) is 0.948. The van der Waals surface area contributed by atoms with Gasteiger partial charge in [-0.3, -0.25) is 4.79 Å². The van der Waals surface area contributed by atoms with Gasteiger partial charge in [0.2, 0.25) is 0 Å². The quantitative estimate of drug-likeness (QED) is 0.618. The monoisotopic (exact) mass is 205 g/mol. The maximum absolute atomic E-state index is 11.8. The van der Waals surface area contributed by atoms with Crippen LogP contribution in [0.1, 0.15) is 0 Å². The van der Waals surface area contributed by atoms with Gasteiger partial charge in [-0.15, -0.1) is 0 Å². The zero-order chi connectivity index (χ0) is 10.1. The Morgan fingerprint density at radius 1 is 0.933 bits per heavy atom. The maximum Gasteiger partial charge on any atom is 0.310 e. The van der Waals surface area contributed by atoms with Crippen LogP contribution in [0.15, 0.2) is 0 Å². The number of hydrogen-bond donors (Lipinski definition) is 1. The van der Waals surface area contributed by atoms with Crippen molar-refractivity contribution in [2.75, 3.05) is 7.11 Å². The molecule has 6 rings (SSSR count). The van der Waals surface area contributed by atoms with Crippen molar-refractivity contribution in [3.63, 3.8) is 0 Å². The summed E-state index contributed by atoms with van der Waals surface area (Å²) in [6.45, 7) is 0. The van der Waals surface area contributed by atoms with Crippen LogP contribution in [0.3, 0.4) is 0 Å². The molecule has 80 valence electrons. The predicted molar refractivity (Wildman–Crippen MR) is 51.4 cm³/mol. The smallest absolute Gasteiger partial charge is 0.310 e. The topological polar surface area (TPSA) is 52.3 Å². The second kappa shape index (κ2) is 1.86. The van der Waals surface area contributed by atoms with Crippen LogP contribution in [0, 0.1) is 53.3 Å². The second-order valence-corrected chi connectivity index (χ2v) is 6.25. The lowest BCUT2D eigenvalue weighted by atomic mass is 9.62. The lowest BCUT2D eigenvalue weighted by Crippen LogP contribution is -2.55. The highest BCUT2D eigenvalue weighted by Crippen LogP contribution is 2.92. The van der Waals surface area contributed by atoms with Crippen molar-refractivity contribution < 1.29 is 9.53 Å². The highest BCUT2D eigenvalue weighted by molar-refractivity contribution is 5.75. The van der Waals surface area contributed by atoms with E-state index in [2.05, 4.69) is 0 Å². The molecule has 2 N–H and O–H groups in total. The van der Waals surface area contributed by atoms with Crippen LogP contribution in [-0.4, -0.2) is 19.1 Å². The molecule has 0 saturated heterocycles. The molecule has 0 heterocycles. The maximum atomic E-state index is 11.8. The Bertz CT molecular complexity index is 373. The average molecular weight is 205 g/mol. The van der Waals surface area contributed by atoms with Crippen molar-refractivity contribution in [1.29, 1.82) is 0 Å². The van der Waals surface area contributed by atoms with Gasteiger partial charge in [0.15, 0.2) is 0 Å². The van der Waals surface area contributed by atoms with Gasteiger partial charge < -0.3 is 10.5 Å². The Labute approximate surface area is 88.3 Å². The van der Waals surface area contributed by atoms with E-state index in [0.29, 0.717) is 11.8 Å². The van der Waals surface area contributed by atoms with Crippen LogP contribution >= 0.6 is 0 Å². The van der Waals surface area contributed by atoms with Crippen molar-refractivity contribution in [2.45, 2.75) is 6.04 Å². The number of nitrogens with two attached hydrogens (primary N) is 1. The summed E-state index contributed by atoms with van der Waals surface area (Å²) in [5, 5.41) is 0. The molecule has 15 heavy (non-hydrogen) atoms. The zero-order valence-electron chi connectivity index (χ0n) is 8.67. The lowest BCUT2D eigenvalue weighted by molar-refractivity contribution is -0.153. The number of ether oxygens (including phenoxy) is 1. The van der Waals surface area contributed by atoms with E-state index in [4.69, 9.17) is 10.5 Å². The van der Waals surface area contributed by atoms with Crippen molar-refractivity contribution >= 4 is 5.97 Å². The summed E-state index contributed by atoms with van der Waals surface area (Å²) in [5.74, 6) is 6.86. The van der Waals surface area contributed by atoms with E-state index >= 15 is 0 Å². The van der Waals surface area contributed by atoms with E-state index in [1.165, 1.54) is 7.11 Å². The molecule has 8 atom stereocenters. The van der Waals surface area contributed by atoms with Gasteiger partial charge in [0.1, 0.15) is 0 Å². The van der Waals surface area contributed by atoms with Gasteiger partial charge in [-0.1, -0.05) is 0 Å². The van der Waals surface area contributed by atoms with E-state index in [-0.39, 0.29) is 17.9 Å². The van der Waals surface area contributed by atoms with E-state index in [0.717, 1.165) is 35.5 Å². The van der Waals surface area contributed by atoms with Crippen molar-refractivity contribution in [3.05, 3.63) is 0 Å². The molecule has 0 spiro atoms. The molecule has 2 bridgehead atoms. The highest BCUT2D eigenvalue weighted by Gasteiger charge is 2.91. The summed E-state index contributed by atoms with van der Waals surface area (Å²) < 4.78 is 4.94. The number of carbonyl (C=O) groups excluding carboxylic acids is 1. The third-order valence-electron chi connectivity index (χ3n) is 6.35. The summed E-state index contributed by atoms with van der Waals surface area (Å²) in [4.78, 5) is 11.8. The average Bonchev–Trinajstić information content (AvgIpc) is 3.07. The van der Waals surface area contributed by atoms with E-state index < -0.39 is 0 Å². The summed E-state index contributed by atoms with van der Waals surface area (Å²) in [6, 6.07) is 0.113. The minimum atomic E-state index is -0.0346. The van der Waals surface area contributed by atoms with E-state index in [9.17, 15) is 4.79 Å². The minimum Gasteiger partial charge on any atom is -0.469 e. The van der Waals surface area contributed by atoms with Crippen LogP contribution in [-0.2, 0) is 9.53 Å². The predicted octanol–water partition coefficient (Wildman–Crippen LogP) is 0.100. The fourth-order valence-corrected chi connectivity index (χ4v) is 6.30. The van der Waals surface area contributed by atoms with Crippen LogP contribution in [0.25, 0.3) is 0 Å². The Hall–Kier alpha value is -0.570. The Balaban J connectivity index is 1.63. The number of hydrogen-bond acceptors (Lipinski definition) is 3. The molecule has 0 aromatic carbocycles. The largest absolute Gasteiger partial charge is 0.469 e. The number of methoxy groups -OCH3 is 1. The van der Waals surface area contributed by atoms with Gasteiger partial charge >= 0.3 is 5.97 Å². The van der Waals surface area contributed by atoms with Crippen LogP contribution in [0.2, 0.25) is 0 Å². The molecule has 0 aliphatic heterocycles. The number of rotatable bonds is 1. The Morgan fingerprint density at radius 2 is 1.40 bits per heavy atom. The number of esters is 1. The molecule has 0 amide bonds. The van der Waals surface area contributed by atoms with Gasteiger partial charge in [-0.25, -0.2) is 0 Å². The second-order valence-electron chi connectivity index (χ2n) is 6.25. The first-order valence-corrected chi connectivity index (χ1v) is 6.11. The molecule has 0 aromatic rings. The minimum absolute atomic E-state index is 0.0346. The standard InChI is InChI=1S/C12H15NO2/c1-15-12(14)10-8-4-2-3-5(8)7(3)9(6(2)4)11(10)13/h2-11H,13H2,1H3. The van der Waals surface area contributed by atoms with Crippen LogP contribution in [0.5, 0.6) is 0 Å². The molecule has 8 unspecified atom stereocenters. The van der Waals surface area contributed by atoms with Crippen molar-refractivity contribution in [2.24, 2.45) is 59.0 Å². The molecular weight excluding hydrogens is 190 g/mol. The van der Waals surface area contributed by atoms with E-state index in [1.54, 1.807) is 0 Å². The summed E-state index contributed by atoms with van der Waals surface area (Å²) in [6.07, 6.45) is 0. The fourth-order valence-electron chi connectivity index (χ4n) is 6.30. The number of carbonyl (C=O) groups is 1. The molecule has 0 radical (unpaired) electrons. The van der Waals surface area contributed by atoms with Gasteiger partial charge in [0.05, 0.1) is 13.0 Å². The Morgan fingerprint density at radius 3 is 1.93 bits per heavy atom. The lowest BCUT2D eigenvalue weighted by Gasteiger charge is -2.44. The SMILES string of the molecule is COC(=O)C1C(N)C2C3C4C1C1C2C1C34. The summed E-state index contributed by atoms with van der Waals surface area (Å²) >= 11 is 0. The van der Waals surface area contributed by atoms with Gasteiger partial charge in [-0.2, -0.15) is 0 Å². The van der Waals surface area contributed by atoms with E-state index in [1.807, 2.05) is 0 Å². The molecule has 0 aromatic heterocycles. The highest BCUT2D eigenvalue weighted by atomic mass is 16.5. The molecular formula is C12H15NO2.